The van der Waals surface area contributed by atoms with E-state index < -0.39 is 0 Å². The summed E-state index contributed by atoms with van der Waals surface area (Å²) in [4.78, 5) is 7.74. The lowest BCUT2D eigenvalue weighted by Gasteiger charge is -2.18. The molecule has 0 radical (unpaired) electrons. The highest BCUT2D eigenvalue weighted by atomic mass is 127. The number of aryl methyl sites for hydroxylation is 1. The van der Waals surface area contributed by atoms with Crippen LogP contribution >= 0.6 is 35.3 Å². The van der Waals surface area contributed by atoms with E-state index in [9.17, 15) is 0 Å². The third kappa shape index (κ3) is 5.66. The number of halogens is 1. The number of benzene rings is 1. The van der Waals surface area contributed by atoms with Crippen LogP contribution in [0.1, 0.15) is 29.0 Å². The van der Waals surface area contributed by atoms with E-state index in [1.807, 2.05) is 0 Å². The van der Waals surface area contributed by atoms with Crippen molar-refractivity contribution in [1.29, 1.82) is 0 Å². The molecule has 1 unspecified atom stereocenters. The first-order chi connectivity index (χ1) is 11.0. The number of anilines is 1. The van der Waals surface area contributed by atoms with E-state index in [1.54, 1.807) is 18.4 Å². The van der Waals surface area contributed by atoms with Crippen molar-refractivity contribution in [2.75, 3.05) is 26.0 Å². The molecule has 1 atom stereocenters. The number of aliphatic imine (C=N–C) groups is 1. The predicted molar refractivity (Wildman–Crippen MR) is 117 cm³/mol. The van der Waals surface area contributed by atoms with E-state index in [4.69, 9.17) is 0 Å². The molecule has 1 aromatic heterocycles. The van der Waals surface area contributed by atoms with Crippen molar-refractivity contribution in [1.82, 2.24) is 10.6 Å². The van der Waals surface area contributed by atoms with Crippen molar-refractivity contribution < 1.29 is 0 Å². The van der Waals surface area contributed by atoms with Crippen LogP contribution in [0, 0.1) is 6.92 Å². The summed E-state index contributed by atoms with van der Waals surface area (Å²) in [5.74, 6) is 0.821. The highest BCUT2D eigenvalue weighted by Crippen LogP contribution is 2.19. The average molecular weight is 458 g/mol. The molecule has 0 saturated carbocycles. The topological polar surface area (TPSA) is 39.7 Å². The monoisotopic (exact) mass is 458 g/mol. The number of hydrogen-bond donors (Lipinski definition) is 2. The van der Waals surface area contributed by atoms with Crippen LogP contribution in [0.2, 0.25) is 0 Å². The summed E-state index contributed by atoms with van der Waals surface area (Å²) in [5.41, 5.74) is 3.79. The van der Waals surface area contributed by atoms with E-state index in [-0.39, 0.29) is 30.0 Å². The van der Waals surface area contributed by atoms with Gasteiger partial charge >= 0.3 is 0 Å². The summed E-state index contributed by atoms with van der Waals surface area (Å²) in [5, 5.41) is 8.92. The maximum Gasteiger partial charge on any atom is 0.191 e. The zero-order chi connectivity index (χ0) is 16.8. The van der Waals surface area contributed by atoms with E-state index in [0.29, 0.717) is 0 Å². The Hall–Kier alpha value is -1.28. The van der Waals surface area contributed by atoms with E-state index in [0.717, 1.165) is 12.5 Å². The Bertz CT molecular complexity index is 653. The lowest BCUT2D eigenvalue weighted by molar-refractivity contribution is 0.696. The first-order valence-corrected chi connectivity index (χ1v) is 8.66. The highest BCUT2D eigenvalue weighted by molar-refractivity contribution is 14.0. The summed E-state index contributed by atoms with van der Waals surface area (Å²) < 4.78 is 0. The third-order valence-corrected chi connectivity index (χ3v) is 4.89. The molecule has 0 amide bonds. The first kappa shape index (κ1) is 20.8. The van der Waals surface area contributed by atoms with Crippen LogP contribution in [0.5, 0.6) is 0 Å². The minimum Gasteiger partial charge on any atom is -0.378 e. The molecule has 2 aromatic rings. The molecule has 2 N–H and O–H groups in total. The smallest absolute Gasteiger partial charge is 0.191 e. The summed E-state index contributed by atoms with van der Waals surface area (Å²) in [6, 6.07) is 11.0. The molecule has 24 heavy (non-hydrogen) atoms. The largest absolute Gasteiger partial charge is 0.378 e. The van der Waals surface area contributed by atoms with E-state index in [2.05, 4.69) is 84.2 Å². The number of hydrogen-bond acceptors (Lipinski definition) is 3. The van der Waals surface area contributed by atoms with Gasteiger partial charge in [-0.1, -0.05) is 12.1 Å². The molecule has 1 heterocycles. The van der Waals surface area contributed by atoms with Gasteiger partial charge < -0.3 is 15.5 Å². The van der Waals surface area contributed by atoms with Crippen molar-refractivity contribution in [2.24, 2.45) is 4.99 Å². The van der Waals surface area contributed by atoms with Crippen molar-refractivity contribution >= 4 is 47.0 Å². The molecule has 2 rings (SSSR count). The Labute approximate surface area is 166 Å². The molecule has 0 bridgehead atoms. The minimum atomic E-state index is 0. The number of rotatable bonds is 5. The van der Waals surface area contributed by atoms with Crippen LogP contribution in [-0.4, -0.2) is 27.1 Å². The van der Waals surface area contributed by atoms with Crippen molar-refractivity contribution in [3.05, 3.63) is 51.7 Å². The lowest BCUT2D eigenvalue weighted by Crippen LogP contribution is -2.38. The quantitative estimate of drug-likeness (QED) is 0.402. The van der Waals surface area contributed by atoms with Gasteiger partial charge in [-0.3, -0.25) is 4.99 Å². The SMILES string of the molecule is CN=C(NCc1ccc(N(C)C)cc1C)NC(C)c1cccs1.I. The number of nitrogens with zero attached hydrogens (tertiary/aromatic N) is 2. The molecule has 6 heteroatoms. The van der Waals surface area contributed by atoms with Gasteiger partial charge in [-0.15, -0.1) is 35.3 Å². The molecule has 4 nitrogen and oxygen atoms in total. The van der Waals surface area contributed by atoms with E-state index in [1.165, 1.54) is 21.7 Å². The molecule has 0 spiro atoms. The minimum absolute atomic E-state index is 0. The standard InChI is InChI=1S/C18H26N4S.HI/c1-13-11-16(22(4)5)9-8-15(13)12-20-18(19-3)21-14(2)17-7-6-10-23-17;/h6-11,14H,12H2,1-5H3,(H2,19,20,21);1H. The Morgan fingerprint density at radius 3 is 2.58 bits per heavy atom. The fraction of sp³-hybridized carbons (Fsp3) is 0.389. The first-order valence-electron chi connectivity index (χ1n) is 7.78. The van der Waals surface area contributed by atoms with Crippen molar-refractivity contribution in [2.45, 2.75) is 26.4 Å². The second kappa shape index (κ2) is 9.88. The van der Waals surface area contributed by atoms with Gasteiger partial charge in [-0.05, 0) is 48.6 Å². The molecule has 0 aliphatic heterocycles. The molecule has 0 saturated heterocycles. The molecule has 0 aliphatic carbocycles. The highest BCUT2D eigenvalue weighted by Gasteiger charge is 2.09. The van der Waals surface area contributed by atoms with E-state index >= 15 is 0 Å². The van der Waals surface area contributed by atoms with Gasteiger partial charge in [0, 0.05) is 38.3 Å². The van der Waals surface area contributed by atoms with Crippen molar-refractivity contribution in [3.63, 3.8) is 0 Å². The molecule has 132 valence electrons. The average Bonchev–Trinajstić information content (AvgIpc) is 3.06. The molecular formula is C18H27IN4S. The molecular weight excluding hydrogens is 431 g/mol. The Kier molecular flexibility index (Phi) is 8.55. The van der Waals surface area contributed by atoms with Crippen LogP contribution in [-0.2, 0) is 6.54 Å². The number of nitrogens with one attached hydrogen (secondary N) is 2. The fourth-order valence-corrected chi connectivity index (χ4v) is 3.08. The summed E-state index contributed by atoms with van der Waals surface area (Å²) in [6.07, 6.45) is 0. The third-order valence-electron chi connectivity index (χ3n) is 3.84. The maximum atomic E-state index is 4.32. The van der Waals surface area contributed by atoms with Gasteiger partial charge in [-0.2, -0.15) is 0 Å². The van der Waals surface area contributed by atoms with Crippen LogP contribution in [0.25, 0.3) is 0 Å². The van der Waals surface area contributed by atoms with Gasteiger partial charge in [0.25, 0.3) is 0 Å². The fourth-order valence-electron chi connectivity index (χ4n) is 2.34. The summed E-state index contributed by atoms with van der Waals surface area (Å²) in [7, 11) is 5.92. The lowest BCUT2D eigenvalue weighted by atomic mass is 10.1. The van der Waals surface area contributed by atoms with Crippen LogP contribution in [0.4, 0.5) is 5.69 Å². The molecule has 0 fully saturated rings. The Balaban J connectivity index is 0.00000288. The second-order valence-corrected chi connectivity index (χ2v) is 6.79. The summed E-state index contributed by atoms with van der Waals surface area (Å²) >= 11 is 1.75. The molecule has 0 aliphatic rings. The maximum absolute atomic E-state index is 4.32. The normalized spacial score (nSPS) is 12.3. The predicted octanol–water partition coefficient (Wildman–Crippen LogP) is 4.17. The van der Waals surface area contributed by atoms with Gasteiger partial charge in [0.2, 0.25) is 0 Å². The second-order valence-electron chi connectivity index (χ2n) is 5.81. The van der Waals surface area contributed by atoms with Gasteiger partial charge in [0.05, 0.1) is 6.04 Å². The van der Waals surface area contributed by atoms with Crippen LogP contribution in [0.3, 0.4) is 0 Å². The van der Waals surface area contributed by atoms with Crippen LogP contribution in [0.15, 0.2) is 40.7 Å². The Morgan fingerprint density at radius 1 is 1.29 bits per heavy atom. The molecule has 1 aromatic carbocycles. The zero-order valence-corrected chi connectivity index (χ0v) is 18.1. The van der Waals surface area contributed by atoms with Crippen molar-refractivity contribution in [3.8, 4) is 0 Å². The number of thiophene rings is 1. The van der Waals surface area contributed by atoms with Crippen LogP contribution < -0.4 is 15.5 Å². The summed E-state index contributed by atoms with van der Waals surface area (Å²) in [6.45, 7) is 5.06. The van der Waals surface area contributed by atoms with Gasteiger partial charge in [0.1, 0.15) is 0 Å². The Morgan fingerprint density at radius 2 is 2.04 bits per heavy atom. The zero-order valence-electron chi connectivity index (χ0n) is 15.0. The van der Waals surface area contributed by atoms with Gasteiger partial charge in [0.15, 0.2) is 5.96 Å². The number of guanidine groups is 1. The van der Waals surface area contributed by atoms with Gasteiger partial charge in [-0.25, -0.2) is 0 Å².